The molecule has 136 valence electrons. The molecule has 1 N–H and O–H groups in total. The van der Waals surface area contributed by atoms with Crippen LogP contribution in [0, 0.1) is 6.92 Å². The predicted molar refractivity (Wildman–Crippen MR) is 91.4 cm³/mol. The first kappa shape index (κ1) is 17.7. The molecule has 0 unspecified atom stereocenters. The fraction of sp³-hybridized carbons (Fsp3) is 0.294. The number of aromatic nitrogens is 4. The highest BCUT2D eigenvalue weighted by Gasteiger charge is 2.11. The van der Waals surface area contributed by atoms with Crippen LogP contribution in [0.25, 0.3) is 10.9 Å². The largest absolute Gasteiger partial charge is 0.471 e. The van der Waals surface area contributed by atoms with Gasteiger partial charge in [0.15, 0.2) is 6.61 Å². The fourth-order valence-corrected chi connectivity index (χ4v) is 2.53. The smallest absolute Gasteiger partial charge is 0.272 e. The number of rotatable bonds is 6. The summed E-state index contributed by atoms with van der Waals surface area (Å²) in [5.74, 6) is 0.431. The van der Waals surface area contributed by atoms with E-state index in [9.17, 15) is 13.6 Å². The number of hydrogen-bond acceptors (Lipinski definition) is 5. The Morgan fingerprint density at radius 2 is 2.19 bits per heavy atom. The maximum atomic E-state index is 12.2. The van der Waals surface area contributed by atoms with E-state index in [1.54, 1.807) is 36.3 Å². The van der Waals surface area contributed by atoms with Gasteiger partial charge >= 0.3 is 0 Å². The summed E-state index contributed by atoms with van der Waals surface area (Å²) in [4.78, 5) is 19.5. The Balaban J connectivity index is 1.80. The number of carbonyl (C=O) groups is 1. The van der Waals surface area contributed by atoms with Gasteiger partial charge in [-0.25, -0.2) is 18.7 Å². The summed E-state index contributed by atoms with van der Waals surface area (Å²) in [7, 11) is 0. The first-order valence-corrected chi connectivity index (χ1v) is 7.88. The van der Waals surface area contributed by atoms with Gasteiger partial charge < -0.3 is 10.1 Å². The quantitative estimate of drug-likeness (QED) is 0.730. The number of alkyl halides is 2. The molecule has 3 aromatic heterocycles. The molecule has 0 spiro atoms. The van der Waals surface area contributed by atoms with Crippen molar-refractivity contribution in [1.82, 2.24) is 19.7 Å². The first-order valence-electron chi connectivity index (χ1n) is 7.88. The Morgan fingerprint density at radius 3 is 2.88 bits per heavy atom. The van der Waals surface area contributed by atoms with E-state index < -0.39 is 13.0 Å². The Bertz CT molecular complexity index is 942. The van der Waals surface area contributed by atoms with Gasteiger partial charge in [-0.15, -0.1) is 0 Å². The van der Waals surface area contributed by atoms with Crippen LogP contribution < -0.4 is 10.1 Å². The molecule has 0 radical (unpaired) electrons. The zero-order valence-corrected chi connectivity index (χ0v) is 14.2. The highest BCUT2D eigenvalue weighted by atomic mass is 19.3. The lowest BCUT2D eigenvalue weighted by atomic mass is 10.2. The summed E-state index contributed by atoms with van der Waals surface area (Å²) in [6.45, 7) is 2.90. The van der Waals surface area contributed by atoms with Crippen molar-refractivity contribution in [2.24, 2.45) is 0 Å². The molecule has 0 aromatic carbocycles. The zero-order valence-electron chi connectivity index (χ0n) is 14.2. The Labute approximate surface area is 148 Å². The van der Waals surface area contributed by atoms with Crippen LogP contribution in [-0.2, 0) is 11.3 Å². The van der Waals surface area contributed by atoms with Gasteiger partial charge in [-0.3, -0.25) is 9.48 Å². The minimum absolute atomic E-state index is 0.192. The van der Waals surface area contributed by atoms with Gasteiger partial charge in [0.25, 0.3) is 6.43 Å². The summed E-state index contributed by atoms with van der Waals surface area (Å²) >= 11 is 0. The predicted octanol–water partition coefficient (Wildman–Crippen LogP) is 2.79. The summed E-state index contributed by atoms with van der Waals surface area (Å²) in [6, 6.07) is 3.56. The van der Waals surface area contributed by atoms with Crippen molar-refractivity contribution >= 4 is 22.6 Å². The maximum absolute atomic E-state index is 12.2. The van der Waals surface area contributed by atoms with E-state index in [1.165, 1.54) is 6.92 Å². The number of carbonyl (C=O) groups excluding carboxylic acids is 1. The number of aryl methyl sites for hydroxylation is 1. The molecule has 0 aliphatic carbocycles. The average Bonchev–Trinajstić information content (AvgIpc) is 2.97. The van der Waals surface area contributed by atoms with Gasteiger partial charge in [0.1, 0.15) is 5.82 Å². The molecule has 0 atom stereocenters. The lowest BCUT2D eigenvalue weighted by Gasteiger charge is -2.09. The van der Waals surface area contributed by atoms with Gasteiger partial charge in [-0.05, 0) is 24.6 Å². The molecule has 1 amide bonds. The molecule has 3 heterocycles. The summed E-state index contributed by atoms with van der Waals surface area (Å²) in [5.41, 5.74) is 2.21. The number of halogens is 2. The Kier molecular flexibility index (Phi) is 5.06. The summed E-state index contributed by atoms with van der Waals surface area (Å²) < 4.78 is 31.1. The average molecular weight is 361 g/mol. The number of fused-ring (bicyclic) bond motifs is 1. The minimum Gasteiger partial charge on any atom is -0.471 e. The van der Waals surface area contributed by atoms with E-state index in [-0.39, 0.29) is 11.8 Å². The van der Waals surface area contributed by atoms with E-state index in [1.807, 2.05) is 6.07 Å². The topological polar surface area (TPSA) is 81.9 Å². The second-order valence-electron chi connectivity index (χ2n) is 5.77. The number of nitrogens with one attached hydrogen (secondary N) is 1. The van der Waals surface area contributed by atoms with Crippen LogP contribution in [0.2, 0.25) is 0 Å². The highest BCUT2D eigenvalue weighted by Crippen LogP contribution is 2.21. The van der Waals surface area contributed by atoms with Crippen LogP contribution >= 0.6 is 0 Å². The number of pyridine rings is 2. The molecule has 0 saturated carbocycles. The lowest BCUT2D eigenvalue weighted by Crippen LogP contribution is -2.09. The minimum atomic E-state index is -2.54. The normalized spacial score (nSPS) is 11.1. The van der Waals surface area contributed by atoms with Gasteiger partial charge in [0.05, 0.1) is 17.4 Å². The van der Waals surface area contributed by atoms with Crippen molar-refractivity contribution in [3.05, 3.63) is 41.9 Å². The van der Waals surface area contributed by atoms with E-state index in [0.29, 0.717) is 23.4 Å². The van der Waals surface area contributed by atoms with Gasteiger partial charge in [-0.1, -0.05) is 0 Å². The molecule has 7 nitrogen and oxygen atoms in total. The van der Waals surface area contributed by atoms with Crippen LogP contribution in [0.15, 0.2) is 30.7 Å². The van der Waals surface area contributed by atoms with Crippen molar-refractivity contribution in [1.29, 1.82) is 0 Å². The number of ether oxygens (including phenoxy) is 1. The molecule has 26 heavy (non-hydrogen) atoms. The molecule has 0 fully saturated rings. The number of anilines is 1. The SMILES string of the molecule is CC(=O)Nc1nccc2nn(Cc3cnc(OCC(F)F)c(C)c3)cc12. The van der Waals surface area contributed by atoms with Crippen LogP contribution in [0.4, 0.5) is 14.6 Å². The van der Waals surface area contributed by atoms with Crippen molar-refractivity contribution in [3.63, 3.8) is 0 Å². The van der Waals surface area contributed by atoms with Crippen molar-refractivity contribution in [2.75, 3.05) is 11.9 Å². The van der Waals surface area contributed by atoms with Crippen LogP contribution in [0.5, 0.6) is 5.88 Å². The fourth-order valence-electron chi connectivity index (χ4n) is 2.53. The third kappa shape index (κ3) is 4.11. The van der Waals surface area contributed by atoms with Gasteiger partial charge in [0.2, 0.25) is 11.8 Å². The van der Waals surface area contributed by atoms with E-state index in [2.05, 4.69) is 20.4 Å². The van der Waals surface area contributed by atoms with Crippen LogP contribution in [0.1, 0.15) is 18.1 Å². The molecule has 9 heteroatoms. The maximum Gasteiger partial charge on any atom is 0.272 e. The monoisotopic (exact) mass is 361 g/mol. The van der Waals surface area contributed by atoms with Crippen molar-refractivity contribution in [3.8, 4) is 5.88 Å². The second-order valence-corrected chi connectivity index (χ2v) is 5.77. The Morgan fingerprint density at radius 1 is 1.38 bits per heavy atom. The number of amides is 1. The third-order valence-corrected chi connectivity index (χ3v) is 3.55. The van der Waals surface area contributed by atoms with Crippen molar-refractivity contribution < 1.29 is 18.3 Å². The molecular weight excluding hydrogens is 344 g/mol. The summed E-state index contributed by atoms with van der Waals surface area (Å²) in [6.07, 6.45) is 2.38. The lowest BCUT2D eigenvalue weighted by molar-refractivity contribution is -0.114. The third-order valence-electron chi connectivity index (χ3n) is 3.55. The van der Waals surface area contributed by atoms with E-state index in [0.717, 1.165) is 10.9 Å². The van der Waals surface area contributed by atoms with Gasteiger partial charge in [0, 0.05) is 31.1 Å². The molecule has 3 rings (SSSR count). The zero-order chi connectivity index (χ0) is 18.7. The standard InChI is InChI=1S/C17H17F2N5O2/c1-10-5-12(6-21-17(10)26-9-15(18)19)7-24-8-13-14(23-24)3-4-20-16(13)22-11(2)25/h3-6,8,15H,7,9H2,1-2H3,(H,20,22,25). The van der Waals surface area contributed by atoms with Crippen LogP contribution in [0.3, 0.4) is 0 Å². The highest BCUT2D eigenvalue weighted by molar-refractivity contribution is 5.98. The molecule has 3 aromatic rings. The van der Waals surface area contributed by atoms with Crippen molar-refractivity contribution in [2.45, 2.75) is 26.8 Å². The number of hydrogen-bond donors (Lipinski definition) is 1. The molecule has 0 bridgehead atoms. The molecule has 0 saturated heterocycles. The van der Waals surface area contributed by atoms with E-state index in [4.69, 9.17) is 4.74 Å². The second kappa shape index (κ2) is 7.42. The molecular formula is C17H17F2N5O2. The summed E-state index contributed by atoms with van der Waals surface area (Å²) in [5, 5.41) is 7.85. The molecule has 0 aliphatic heterocycles. The van der Waals surface area contributed by atoms with Gasteiger partial charge in [-0.2, -0.15) is 5.10 Å². The molecule has 0 aliphatic rings. The van der Waals surface area contributed by atoms with Crippen LogP contribution in [-0.4, -0.2) is 38.7 Å². The Hall–Kier alpha value is -3.10. The number of nitrogens with zero attached hydrogens (tertiary/aromatic N) is 4. The van der Waals surface area contributed by atoms with E-state index >= 15 is 0 Å². The first-order chi connectivity index (χ1) is 12.4.